The molecule has 0 fully saturated rings. The molecule has 2 heterocycles. The molecule has 14 nitrogen and oxygen atoms in total. The monoisotopic (exact) mass is 898 g/mol. The first kappa shape index (κ1) is 43.0. The number of carbonyl (C=O) groups is 4. The quantitative estimate of drug-likeness (QED) is 0.0612. The van der Waals surface area contributed by atoms with Gasteiger partial charge >= 0.3 is 11.9 Å². The zero-order valence-corrected chi connectivity index (χ0v) is 35.7. The van der Waals surface area contributed by atoms with E-state index in [0.29, 0.717) is 56.3 Å². The highest BCUT2D eigenvalue weighted by Crippen LogP contribution is 2.47. The number of aromatic hydroxyl groups is 1. The molecule has 0 spiro atoms. The van der Waals surface area contributed by atoms with Crippen molar-refractivity contribution >= 4 is 74.6 Å². The predicted molar refractivity (Wildman–Crippen MR) is 244 cm³/mol. The Bertz CT molecular complexity index is 3320. The summed E-state index contributed by atoms with van der Waals surface area (Å²) in [5, 5.41) is 37.6. The topological polar surface area (TPSA) is 212 Å². The Labute approximate surface area is 373 Å². The van der Waals surface area contributed by atoms with Gasteiger partial charge in [-0.05, 0) is 79.2 Å². The van der Waals surface area contributed by atoms with Gasteiger partial charge in [0.2, 0.25) is 0 Å². The lowest BCUT2D eigenvalue weighted by atomic mass is 9.89. The first-order chi connectivity index (χ1) is 30.6. The van der Waals surface area contributed by atoms with Gasteiger partial charge in [0.1, 0.15) is 28.4 Å². The number of hydrogen-bond donors (Lipinski definition) is 5. The Balaban J connectivity index is 1.06. The lowest BCUT2D eigenvalue weighted by molar-refractivity contribution is 0.0686. The predicted octanol–water partition coefficient (Wildman–Crippen LogP) is 8.64. The van der Waals surface area contributed by atoms with Crippen molar-refractivity contribution in [2.45, 2.75) is 6.92 Å². The van der Waals surface area contributed by atoms with E-state index in [2.05, 4.69) is 15.6 Å². The summed E-state index contributed by atoms with van der Waals surface area (Å²) in [6, 6.07) is 24.6. The number of rotatable bonds is 11. The number of aromatic carboxylic acids is 2. The molecule has 0 saturated carbocycles. The van der Waals surface area contributed by atoms with Gasteiger partial charge in [-0.15, -0.1) is 0 Å². The van der Waals surface area contributed by atoms with Crippen molar-refractivity contribution in [3.8, 4) is 50.7 Å². The SMILES string of the molecule is CCN=c1ccc2c(-c3c(Cl)cc(C(=O)NCCNC(=O)c4ccc(-c5c6ccc(=O)cc-6oc6cc(O)ccc56)c(C(=O)O)c4)c(Cl)c3C(=O)O)c3ccc(N(C)C)cc3oc-2c1. The van der Waals surface area contributed by atoms with Crippen LogP contribution in [0.4, 0.5) is 5.69 Å². The van der Waals surface area contributed by atoms with E-state index in [1.807, 2.05) is 38.1 Å². The van der Waals surface area contributed by atoms with Gasteiger partial charge in [-0.25, -0.2) is 9.59 Å². The molecule has 8 rings (SSSR count). The second-order valence-corrected chi connectivity index (χ2v) is 15.7. The lowest BCUT2D eigenvalue weighted by Crippen LogP contribution is -2.35. The van der Waals surface area contributed by atoms with Gasteiger partial charge < -0.3 is 39.7 Å². The smallest absolute Gasteiger partial charge is 0.337 e. The molecule has 0 aromatic heterocycles. The molecule has 16 heteroatoms. The molecule has 64 heavy (non-hydrogen) atoms. The third kappa shape index (κ3) is 7.96. The van der Waals surface area contributed by atoms with E-state index < -0.39 is 29.3 Å². The van der Waals surface area contributed by atoms with Crippen LogP contribution in [-0.2, 0) is 0 Å². The summed E-state index contributed by atoms with van der Waals surface area (Å²) in [5.41, 5.74) is 2.44. The Kier molecular flexibility index (Phi) is 11.6. The van der Waals surface area contributed by atoms with Crippen LogP contribution in [0.25, 0.3) is 66.8 Å². The summed E-state index contributed by atoms with van der Waals surface area (Å²) in [6.45, 7) is 2.18. The van der Waals surface area contributed by atoms with Crippen molar-refractivity contribution in [1.82, 2.24) is 10.6 Å². The van der Waals surface area contributed by atoms with Gasteiger partial charge in [0.25, 0.3) is 11.8 Å². The zero-order valence-electron chi connectivity index (χ0n) is 34.2. The number of halogens is 2. The molecule has 2 amide bonds. The lowest BCUT2D eigenvalue weighted by Gasteiger charge is -2.21. The van der Waals surface area contributed by atoms with Crippen LogP contribution in [-0.4, -0.2) is 72.8 Å². The molecule has 0 atom stereocenters. The van der Waals surface area contributed by atoms with Crippen LogP contribution in [0.1, 0.15) is 48.4 Å². The molecule has 0 saturated heterocycles. The van der Waals surface area contributed by atoms with Gasteiger partial charge in [0, 0.05) is 108 Å². The summed E-state index contributed by atoms with van der Waals surface area (Å²) in [6.07, 6.45) is 0. The molecular formula is C48H36Cl2N4O10. The summed E-state index contributed by atoms with van der Waals surface area (Å²) in [7, 11) is 3.75. The molecule has 0 bridgehead atoms. The molecule has 0 unspecified atom stereocenters. The van der Waals surface area contributed by atoms with Gasteiger partial charge in [-0.3, -0.25) is 19.4 Å². The van der Waals surface area contributed by atoms with Gasteiger partial charge in [0.15, 0.2) is 5.43 Å². The van der Waals surface area contributed by atoms with E-state index in [0.717, 1.165) is 5.69 Å². The number of carboxylic acids is 2. The summed E-state index contributed by atoms with van der Waals surface area (Å²) in [5.74, 6) is -3.69. The summed E-state index contributed by atoms with van der Waals surface area (Å²) >= 11 is 13.7. The number of nitrogens with one attached hydrogen (secondary N) is 2. The fourth-order valence-electron chi connectivity index (χ4n) is 7.71. The second kappa shape index (κ2) is 17.2. The van der Waals surface area contributed by atoms with Crippen LogP contribution in [0.2, 0.25) is 10.0 Å². The largest absolute Gasteiger partial charge is 0.508 e. The van der Waals surface area contributed by atoms with E-state index >= 15 is 0 Å². The maximum absolute atomic E-state index is 13.6. The van der Waals surface area contributed by atoms with E-state index in [-0.39, 0.29) is 73.5 Å². The number of hydrogen-bond acceptors (Lipinski definition) is 10. The Morgan fingerprint density at radius 2 is 1.31 bits per heavy atom. The second-order valence-electron chi connectivity index (χ2n) is 14.9. The minimum Gasteiger partial charge on any atom is -0.508 e. The number of nitrogens with zero attached hydrogens (tertiary/aromatic N) is 2. The van der Waals surface area contributed by atoms with E-state index in [4.69, 9.17) is 32.0 Å². The van der Waals surface area contributed by atoms with Crippen molar-refractivity contribution < 1.29 is 43.3 Å². The van der Waals surface area contributed by atoms with Crippen LogP contribution in [0.5, 0.6) is 5.75 Å². The van der Waals surface area contributed by atoms with Gasteiger partial charge in [-0.1, -0.05) is 29.3 Å². The molecule has 2 aliphatic heterocycles. The number of benzene rings is 6. The fraction of sp³-hybridized carbons (Fsp3) is 0.125. The van der Waals surface area contributed by atoms with Crippen molar-refractivity contribution in [3.63, 3.8) is 0 Å². The van der Waals surface area contributed by atoms with Crippen LogP contribution in [0.15, 0.2) is 116 Å². The molecule has 4 aromatic carbocycles. The van der Waals surface area contributed by atoms with Crippen molar-refractivity contribution in [2.75, 3.05) is 38.6 Å². The number of phenols is 1. The van der Waals surface area contributed by atoms with Crippen molar-refractivity contribution in [1.29, 1.82) is 0 Å². The number of carboxylic acid groups (broad SMARTS) is 2. The minimum atomic E-state index is -1.43. The van der Waals surface area contributed by atoms with Crippen LogP contribution in [0, 0.1) is 0 Å². The number of carbonyl (C=O) groups excluding carboxylic acids is 2. The molecule has 0 radical (unpaired) electrons. The third-order valence-corrected chi connectivity index (χ3v) is 11.3. The normalized spacial score (nSPS) is 11.7. The molecule has 4 aromatic rings. The van der Waals surface area contributed by atoms with Crippen LogP contribution >= 0.6 is 23.2 Å². The fourth-order valence-corrected chi connectivity index (χ4v) is 8.33. The maximum Gasteiger partial charge on any atom is 0.337 e. The third-order valence-electron chi connectivity index (χ3n) is 10.6. The molecule has 2 aliphatic carbocycles. The highest BCUT2D eigenvalue weighted by Gasteiger charge is 2.30. The standard InChI is InChI=1S/C48H36Cl2N4O10/c1-4-51-24-6-11-31-36(18-24)63-37-19-25(54(2)3)7-12-32(37)41(31)42-35(49)22-34(44(50)43(42)48(61)62)46(58)53-16-15-52-45(57)23-5-10-28(33(17-23)47(59)60)40-29-13-8-26(55)20-38(29)64-39-21-27(56)9-14-30(39)40/h5-14,17-22,55H,4,15-16H2,1-3H3,(H,52,57)(H,53,58)(H,59,60)(H,61,62). The molecule has 322 valence electrons. The Hall–Kier alpha value is -7.68. The van der Waals surface area contributed by atoms with Crippen LogP contribution < -0.4 is 26.3 Å². The average Bonchev–Trinajstić information content (AvgIpc) is 3.26. The molecular weight excluding hydrogens is 863 g/mol. The van der Waals surface area contributed by atoms with E-state index in [1.165, 1.54) is 54.6 Å². The number of fused-ring (bicyclic) bond motifs is 4. The Morgan fingerprint density at radius 1 is 0.672 bits per heavy atom. The first-order valence-corrected chi connectivity index (χ1v) is 20.5. The average molecular weight is 900 g/mol. The van der Waals surface area contributed by atoms with Crippen molar-refractivity contribution in [3.05, 3.63) is 145 Å². The maximum atomic E-state index is 13.6. The number of amides is 2. The zero-order chi connectivity index (χ0) is 45.6. The van der Waals surface area contributed by atoms with E-state index in [1.54, 1.807) is 30.3 Å². The highest BCUT2D eigenvalue weighted by molar-refractivity contribution is 6.41. The highest BCUT2D eigenvalue weighted by atomic mass is 35.5. The minimum absolute atomic E-state index is 0.000361. The Morgan fingerprint density at radius 3 is 2.02 bits per heavy atom. The molecule has 5 N–H and O–H groups in total. The van der Waals surface area contributed by atoms with Gasteiger partial charge in [-0.2, -0.15) is 0 Å². The van der Waals surface area contributed by atoms with Gasteiger partial charge in [0.05, 0.1) is 32.1 Å². The number of anilines is 1. The number of phenolic OH excluding ortho intramolecular Hbond substituents is 1. The molecule has 4 aliphatic rings. The summed E-state index contributed by atoms with van der Waals surface area (Å²) in [4.78, 5) is 71.2. The van der Waals surface area contributed by atoms with E-state index in [9.17, 15) is 39.3 Å². The first-order valence-electron chi connectivity index (χ1n) is 19.7. The summed E-state index contributed by atoms with van der Waals surface area (Å²) < 4.78 is 12.2. The van der Waals surface area contributed by atoms with Crippen molar-refractivity contribution in [2.24, 2.45) is 4.99 Å². The van der Waals surface area contributed by atoms with Crippen LogP contribution in [0.3, 0.4) is 0 Å².